The molecule has 0 radical (unpaired) electrons. The van der Waals surface area contributed by atoms with Crippen molar-refractivity contribution in [1.82, 2.24) is 4.90 Å². The maximum atomic E-state index is 12.1. The summed E-state index contributed by atoms with van der Waals surface area (Å²) in [5.41, 5.74) is 5.46. The lowest BCUT2D eigenvalue weighted by atomic mass is 9.92. The minimum atomic E-state index is -0.626. The SMILES string of the molecule is CCC(N)(CC)C(=O)N1CCCC1C. The predicted molar refractivity (Wildman–Crippen MR) is 57.9 cm³/mol. The summed E-state index contributed by atoms with van der Waals surface area (Å²) >= 11 is 0. The van der Waals surface area contributed by atoms with E-state index in [0.29, 0.717) is 6.04 Å². The van der Waals surface area contributed by atoms with Crippen LogP contribution in [0.15, 0.2) is 0 Å². The average Bonchev–Trinajstić information content (AvgIpc) is 2.62. The fourth-order valence-corrected chi connectivity index (χ4v) is 2.07. The summed E-state index contributed by atoms with van der Waals surface area (Å²) in [5.74, 6) is 0.146. The highest BCUT2D eigenvalue weighted by Gasteiger charge is 2.37. The Morgan fingerprint density at radius 2 is 2.07 bits per heavy atom. The molecule has 1 aliphatic rings. The van der Waals surface area contributed by atoms with Crippen LogP contribution in [0.1, 0.15) is 46.5 Å². The van der Waals surface area contributed by atoms with Gasteiger partial charge >= 0.3 is 0 Å². The second kappa shape index (κ2) is 4.30. The Bertz CT molecular complexity index is 211. The molecule has 0 bridgehead atoms. The Morgan fingerprint density at radius 1 is 1.50 bits per heavy atom. The van der Waals surface area contributed by atoms with Crippen LogP contribution in [0.4, 0.5) is 0 Å². The summed E-state index contributed by atoms with van der Waals surface area (Å²) in [6, 6.07) is 0.378. The third kappa shape index (κ3) is 1.92. The van der Waals surface area contributed by atoms with Gasteiger partial charge < -0.3 is 10.6 Å². The van der Waals surface area contributed by atoms with Gasteiger partial charge in [-0.05, 0) is 32.6 Å². The molecule has 0 aliphatic carbocycles. The number of carbonyl (C=O) groups is 1. The summed E-state index contributed by atoms with van der Waals surface area (Å²) in [4.78, 5) is 14.1. The molecule has 2 N–H and O–H groups in total. The lowest BCUT2D eigenvalue weighted by Crippen LogP contribution is -2.55. The fraction of sp³-hybridized carbons (Fsp3) is 0.909. The quantitative estimate of drug-likeness (QED) is 0.747. The van der Waals surface area contributed by atoms with E-state index in [2.05, 4.69) is 6.92 Å². The molecule has 1 rings (SSSR count). The maximum Gasteiger partial charge on any atom is 0.242 e. The summed E-state index contributed by atoms with van der Waals surface area (Å²) < 4.78 is 0. The molecule has 3 nitrogen and oxygen atoms in total. The van der Waals surface area contributed by atoms with E-state index < -0.39 is 5.54 Å². The van der Waals surface area contributed by atoms with Crippen LogP contribution < -0.4 is 5.73 Å². The highest BCUT2D eigenvalue weighted by atomic mass is 16.2. The molecule has 1 amide bonds. The van der Waals surface area contributed by atoms with Crippen LogP contribution >= 0.6 is 0 Å². The zero-order valence-corrected chi connectivity index (χ0v) is 9.55. The van der Waals surface area contributed by atoms with Crippen molar-refractivity contribution in [2.24, 2.45) is 5.73 Å². The zero-order valence-electron chi connectivity index (χ0n) is 9.55. The lowest BCUT2D eigenvalue weighted by molar-refractivity contribution is -0.137. The van der Waals surface area contributed by atoms with Crippen LogP contribution in [0.5, 0.6) is 0 Å². The number of nitrogens with two attached hydrogens (primary N) is 1. The average molecular weight is 198 g/mol. The highest BCUT2D eigenvalue weighted by Crippen LogP contribution is 2.23. The summed E-state index contributed by atoms with van der Waals surface area (Å²) in [6.45, 7) is 6.97. The van der Waals surface area contributed by atoms with Crippen LogP contribution in [0, 0.1) is 0 Å². The van der Waals surface area contributed by atoms with E-state index in [9.17, 15) is 4.79 Å². The van der Waals surface area contributed by atoms with Crippen LogP contribution in [-0.2, 0) is 4.79 Å². The van der Waals surface area contributed by atoms with E-state index >= 15 is 0 Å². The Balaban J connectivity index is 2.72. The Morgan fingerprint density at radius 3 is 2.43 bits per heavy atom. The van der Waals surface area contributed by atoms with Gasteiger partial charge in [-0.3, -0.25) is 4.79 Å². The lowest BCUT2D eigenvalue weighted by Gasteiger charge is -2.33. The number of carbonyl (C=O) groups excluding carboxylic acids is 1. The van der Waals surface area contributed by atoms with Gasteiger partial charge in [0.2, 0.25) is 5.91 Å². The van der Waals surface area contributed by atoms with Crippen LogP contribution in [0.2, 0.25) is 0 Å². The van der Waals surface area contributed by atoms with Crippen molar-refractivity contribution < 1.29 is 4.79 Å². The summed E-state index contributed by atoms with van der Waals surface area (Å²) in [6.07, 6.45) is 3.70. The second-order valence-corrected chi connectivity index (χ2v) is 4.35. The predicted octanol–water partition coefficient (Wildman–Crippen LogP) is 1.51. The van der Waals surface area contributed by atoms with Gasteiger partial charge in [0, 0.05) is 12.6 Å². The van der Waals surface area contributed by atoms with E-state index in [1.807, 2.05) is 18.7 Å². The standard InChI is InChI=1S/C11H22N2O/c1-4-11(12,5-2)10(14)13-8-6-7-9(13)3/h9H,4-8,12H2,1-3H3. The smallest absolute Gasteiger partial charge is 0.242 e. The molecule has 0 spiro atoms. The van der Waals surface area contributed by atoms with Crippen molar-refractivity contribution in [3.63, 3.8) is 0 Å². The zero-order chi connectivity index (χ0) is 10.8. The fourth-order valence-electron chi connectivity index (χ4n) is 2.07. The highest BCUT2D eigenvalue weighted by molar-refractivity contribution is 5.86. The van der Waals surface area contributed by atoms with Gasteiger partial charge in [-0.2, -0.15) is 0 Å². The van der Waals surface area contributed by atoms with Gasteiger partial charge in [0.05, 0.1) is 5.54 Å². The van der Waals surface area contributed by atoms with E-state index in [0.717, 1.165) is 32.2 Å². The van der Waals surface area contributed by atoms with E-state index in [-0.39, 0.29) is 5.91 Å². The Labute approximate surface area is 86.6 Å². The first-order valence-electron chi connectivity index (χ1n) is 5.65. The molecule has 0 aromatic rings. The molecule has 1 saturated heterocycles. The number of hydrogen-bond donors (Lipinski definition) is 1. The first-order chi connectivity index (χ1) is 6.55. The molecule has 14 heavy (non-hydrogen) atoms. The van der Waals surface area contributed by atoms with Crippen molar-refractivity contribution in [2.75, 3.05) is 6.54 Å². The van der Waals surface area contributed by atoms with Gasteiger partial charge in [-0.25, -0.2) is 0 Å². The molecular formula is C11H22N2O. The number of nitrogens with zero attached hydrogens (tertiary/aromatic N) is 1. The molecule has 0 saturated carbocycles. The molecule has 82 valence electrons. The van der Waals surface area contributed by atoms with Gasteiger partial charge in [0.1, 0.15) is 0 Å². The molecular weight excluding hydrogens is 176 g/mol. The van der Waals surface area contributed by atoms with Crippen molar-refractivity contribution >= 4 is 5.91 Å². The molecule has 1 aliphatic heterocycles. The van der Waals surface area contributed by atoms with Crippen molar-refractivity contribution in [3.05, 3.63) is 0 Å². The van der Waals surface area contributed by atoms with E-state index in [1.54, 1.807) is 0 Å². The van der Waals surface area contributed by atoms with Crippen LogP contribution in [0.3, 0.4) is 0 Å². The molecule has 1 atom stereocenters. The molecule has 1 heterocycles. The minimum absolute atomic E-state index is 0.146. The summed E-state index contributed by atoms with van der Waals surface area (Å²) in [7, 11) is 0. The Hall–Kier alpha value is -0.570. The van der Waals surface area contributed by atoms with Crippen molar-refractivity contribution in [3.8, 4) is 0 Å². The van der Waals surface area contributed by atoms with Crippen LogP contribution in [-0.4, -0.2) is 28.9 Å². The minimum Gasteiger partial charge on any atom is -0.338 e. The summed E-state index contributed by atoms with van der Waals surface area (Å²) in [5, 5.41) is 0. The van der Waals surface area contributed by atoms with Gasteiger partial charge in [0.15, 0.2) is 0 Å². The number of likely N-dealkylation sites (tertiary alicyclic amines) is 1. The number of rotatable bonds is 3. The third-order valence-corrected chi connectivity index (χ3v) is 3.50. The van der Waals surface area contributed by atoms with Crippen LogP contribution in [0.25, 0.3) is 0 Å². The normalized spacial score (nSPS) is 22.9. The Kier molecular flexibility index (Phi) is 3.53. The first kappa shape index (κ1) is 11.5. The largest absolute Gasteiger partial charge is 0.338 e. The van der Waals surface area contributed by atoms with E-state index in [1.165, 1.54) is 0 Å². The maximum absolute atomic E-state index is 12.1. The first-order valence-corrected chi connectivity index (χ1v) is 5.65. The second-order valence-electron chi connectivity index (χ2n) is 4.35. The molecule has 0 aromatic heterocycles. The number of hydrogen-bond acceptors (Lipinski definition) is 2. The monoisotopic (exact) mass is 198 g/mol. The van der Waals surface area contributed by atoms with Gasteiger partial charge in [-0.15, -0.1) is 0 Å². The van der Waals surface area contributed by atoms with Crippen molar-refractivity contribution in [1.29, 1.82) is 0 Å². The number of amides is 1. The van der Waals surface area contributed by atoms with Crippen molar-refractivity contribution in [2.45, 2.75) is 58.0 Å². The molecule has 1 fully saturated rings. The molecule has 3 heteroatoms. The molecule has 0 aromatic carbocycles. The van der Waals surface area contributed by atoms with Gasteiger partial charge in [-0.1, -0.05) is 13.8 Å². The van der Waals surface area contributed by atoms with Gasteiger partial charge in [0.25, 0.3) is 0 Å². The van der Waals surface area contributed by atoms with E-state index in [4.69, 9.17) is 5.73 Å². The topological polar surface area (TPSA) is 46.3 Å². The third-order valence-electron chi connectivity index (χ3n) is 3.50. The molecule has 1 unspecified atom stereocenters.